The molecule has 3 rings (SSSR count). The van der Waals surface area contributed by atoms with E-state index in [1.54, 1.807) is 20.8 Å². The molecule has 1 unspecified atom stereocenters. The highest BCUT2D eigenvalue weighted by Crippen LogP contribution is 2.36. The number of benzene rings is 1. The van der Waals surface area contributed by atoms with E-state index in [1.807, 2.05) is 27.7 Å². The Bertz CT molecular complexity index is 916. The van der Waals surface area contributed by atoms with Gasteiger partial charge in [-0.05, 0) is 67.4 Å². The fourth-order valence-corrected chi connectivity index (χ4v) is 3.81. The first-order valence-electron chi connectivity index (χ1n) is 11.2. The van der Waals surface area contributed by atoms with Gasteiger partial charge in [0, 0.05) is 24.6 Å². The van der Waals surface area contributed by atoms with Crippen LogP contribution in [0.3, 0.4) is 0 Å². The number of nitrogens with one attached hydrogen (secondary N) is 1. The van der Waals surface area contributed by atoms with Gasteiger partial charge in [-0.15, -0.1) is 0 Å². The molecule has 10 heteroatoms. The number of piperidine rings is 1. The van der Waals surface area contributed by atoms with Crippen molar-refractivity contribution in [1.82, 2.24) is 10.2 Å². The third-order valence-corrected chi connectivity index (χ3v) is 6.28. The van der Waals surface area contributed by atoms with Crippen molar-refractivity contribution in [1.29, 1.82) is 0 Å². The highest BCUT2D eigenvalue weighted by atomic mass is 19.2. The van der Waals surface area contributed by atoms with Gasteiger partial charge < -0.3 is 24.3 Å². The van der Waals surface area contributed by atoms with Crippen LogP contribution in [0.25, 0.3) is 0 Å². The Kier molecular flexibility index (Phi) is 6.83. The van der Waals surface area contributed by atoms with Gasteiger partial charge in [-0.1, -0.05) is 6.07 Å². The number of alkyl carbamates (subject to hydrolysis) is 1. The molecule has 0 saturated carbocycles. The third kappa shape index (κ3) is 5.49. The lowest BCUT2D eigenvalue weighted by molar-refractivity contribution is 0.00578. The Morgan fingerprint density at radius 2 is 1.73 bits per heavy atom. The summed E-state index contributed by atoms with van der Waals surface area (Å²) in [7, 11) is -1.08. The van der Waals surface area contributed by atoms with Crippen molar-refractivity contribution in [3.63, 3.8) is 0 Å². The van der Waals surface area contributed by atoms with Gasteiger partial charge in [0.05, 0.1) is 16.8 Å². The minimum atomic E-state index is -1.24. The summed E-state index contributed by atoms with van der Waals surface area (Å²) in [6, 6.07) is 2.25. The van der Waals surface area contributed by atoms with Crippen LogP contribution in [0.1, 0.15) is 71.7 Å². The average Bonchev–Trinajstić information content (AvgIpc) is 2.89. The summed E-state index contributed by atoms with van der Waals surface area (Å²) in [4.78, 5) is 26.5. The van der Waals surface area contributed by atoms with Gasteiger partial charge in [0.15, 0.2) is 11.6 Å². The lowest BCUT2D eigenvalue weighted by Crippen LogP contribution is -2.50. The largest absolute Gasteiger partial charge is 0.497 e. The van der Waals surface area contributed by atoms with E-state index in [2.05, 4.69) is 5.32 Å². The first kappa shape index (κ1) is 25.4. The van der Waals surface area contributed by atoms with Crippen LogP contribution in [0.2, 0.25) is 0 Å². The molecule has 0 bridgehead atoms. The Labute approximate surface area is 194 Å². The van der Waals surface area contributed by atoms with Crippen molar-refractivity contribution in [2.45, 2.75) is 84.2 Å². The topological polar surface area (TPSA) is 77.1 Å². The lowest BCUT2D eigenvalue weighted by Gasteiger charge is -2.33. The maximum Gasteiger partial charge on any atom is 0.497 e. The summed E-state index contributed by atoms with van der Waals surface area (Å²) in [6.45, 7) is 13.1. The smallest absolute Gasteiger partial charge is 0.444 e. The van der Waals surface area contributed by atoms with E-state index in [0.29, 0.717) is 19.4 Å². The molecule has 182 valence electrons. The molecule has 0 radical (unpaired) electrons. The summed E-state index contributed by atoms with van der Waals surface area (Å²) in [5.41, 5.74) is -2.53. The number of hydrogen-bond donors (Lipinski definition) is 1. The molecule has 1 aromatic carbocycles. The van der Waals surface area contributed by atoms with Crippen LogP contribution in [-0.2, 0) is 14.0 Å². The van der Waals surface area contributed by atoms with Crippen LogP contribution in [0.4, 0.5) is 13.6 Å². The zero-order valence-corrected chi connectivity index (χ0v) is 20.4. The Morgan fingerprint density at radius 3 is 2.30 bits per heavy atom. The molecule has 2 saturated heterocycles. The standard InChI is InChI=1S/C23H33BF2N2O5/c1-21(2,3)31-20(30)27-14-9-8-12-28(13-14)19(29)15-10-11-16(18(26)17(15)25)24-32-22(4,5)23(6,7)33-24/h10-11,14H,8-9,12-13H2,1-7H3,(H,27,30). The predicted octanol–water partition coefficient (Wildman–Crippen LogP) is 3.39. The number of carbonyl (C=O) groups is 2. The Morgan fingerprint density at radius 1 is 1.12 bits per heavy atom. The van der Waals surface area contributed by atoms with E-state index in [9.17, 15) is 18.4 Å². The number of hydrogen-bond acceptors (Lipinski definition) is 5. The zero-order valence-electron chi connectivity index (χ0n) is 20.4. The summed E-state index contributed by atoms with van der Waals surface area (Å²) in [6.07, 6.45) is 0.689. The minimum Gasteiger partial charge on any atom is -0.444 e. The van der Waals surface area contributed by atoms with Gasteiger partial charge in [-0.3, -0.25) is 4.79 Å². The van der Waals surface area contributed by atoms with E-state index in [4.69, 9.17) is 14.0 Å². The van der Waals surface area contributed by atoms with E-state index in [0.717, 1.165) is 0 Å². The van der Waals surface area contributed by atoms with E-state index in [-0.39, 0.29) is 23.6 Å². The molecule has 2 aliphatic heterocycles. The fourth-order valence-electron chi connectivity index (χ4n) is 3.81. The fraction of sp³-hybridized carbons (Fsp3) is 0.652. The van der Waals surface area contributed by atoms with Gasteiger partial charge in [0.25, 0.3) is 5.91 Å². The van der Waals surface area contributed by atoms with Gasteiger partial charge in [0.1, 0.15) is 5.60 Å². The number of ether oxygens (including phenoxy) is 1. The molecule has 0 aliphatic carbocycles. The van der Waals surface area contributed by atoms with Crippen molar-refractivity contribution in [3.8, 4) is 0 Å². The van der Waals surface area contributed by atoms with Crippen LogP contribution in [0, 0.1) is 11.6 Å². The normalized spacial score (nSPS) is 22.3. The molecule has 33 heavy (non-hydrogen) atoms. The van der Waals surface area contributed by atoms with Gasteiger partial charge >= 0.3 is 13.2 Å². The maximum atomic E-state index is 15.0. The number of nitrogens with zero attached hydrogens (tertiary/aromatic N) is 1. The second kappa shape index (κ2) is 8.87. The van der Waals surface area contributed by atoms with Crippen molar-refractivity contribution >= 4 is 24.6 Å². The Balaban J connectivity index is 1.73. The zero-order chi connectivity index (χ0) is 24.8. The molecule has 2 aliphatic rings. The number of carbonyl (C=O) groups excluding carboxylic acids is 2. The molecule has 0 aromatic heterocycles. The summed E-state index contributed by atoms with van der Waals surface area (Å²) in [5, 5.41) is 2.74. The number of likely N-dealkylation sites (tertiary alicyclic amines) is 1. The van der Waals surface area contributed by atoms with Crippen LogP contribution >= 0.6 is 0 Å². The third-order valence-electron chi connectivity index (χ3n) is 6.28. The highest BCUT2D eigenvalue weighted by molar-refractivity contribution is 6.62. The number of amides is 2. The molecule has 1 N–H and O–H groups in total. The molecule has 2 amide bonds. The minimum absolute atomic E-state index is 0.0918. The van der Waals surface area contributed by atoms with Crippen molar-refractivity contribution in [3.05, 3.63) is 29.3 Å². The van der Waals surface area contributed by atoms with Crippen LogP contribution in [0.15, 0.2) is 12.1 Å². The number of rotatable bonds is 3. The molecular weight excluding hydrogens is 433 g/mol. The second-order valence-electron chi connectivity index (χ2n) is 10.7. The SMILES string of the molecule is CC(C)(C)OC(=O)NC1CCCN(C(=O)c2ccc(B3OC(C)(C)C(C)(C)O3)c(F)c2F)C1. The summed E-state index contributed by atoms with van der Waals surface area (Å²) >= 11 is 0. The molecule has 2 fully saturated rings. The average molecular weight is 466 g/mol. The van der Waals surface area contributed by atoms with Gasteiger partial charge in [0.2, 0.25) is 0 Å². The molecule has 1 aromatic rings. The first-order valence-corrected chi connectivity index (χ1v) is 11.2. The molecule has 0 spiro atoms. The second-order valence-corrected chi connectivity index (χ2v) is 10.7. The predicted molar refractivity (Wildman–Crippen MR) is 120 cm³/mol. The van der Waals surface area contributed by atoms with E-state index >= 15 is 0 Å². The van der Waals surface area contributed by atoms with Crippen LogP contribution in [-0.4, -0.2) is 60.0 Å². The summed E-state index contributed by atoms with van der Waals surface area (Å²) in [5.74, 6) is -3.04. The van der Waals surface area contributed by atoms with Crippen LogP contribution < -0.4 is 10.8 Å². The number of halogens is 2. The van der Waals surface area contributed by atoms with E-state index < -0.39 is 47.6 Å². The molecule has 1 atom stereocenters. The van der Waals surface area contributed by atoms with Crippen molar-refractivity contribution in [2.24, 2.45) is 0 Å². The monoisotopic (exact) mass is 466 g/mol. The van der Waals surface area contributed by atoms with Crippen molar-refractivity contribution < 1.29 is 32.4 Å². The van der Waals surface area contributed by atoms with E-state index in [1.165, 1.54) is 17.0 Å². The summed E-state index contributed by atoms with van der Waals surface area (Å²) < 4.78 is 46.8. The van der Waals surface area contributed by atoms with Gasteiger partial charge in [-0.25, -0.2) is 13.6 Å². The quantitative estimate of drug-likeness (QED) is 0.692. The van der Waals surface area contributed by atoms with Crippen LogP contribution in [0.5, 0.6) is 0 Å². The highest BCUT2D eigenvalue weighted by Gasteiger charge is 2.52. The molecule has 7 nitrogen and oxygen atoms in total. The Hall–Kier alpha value is -2.20. The maximum absolute atomic E-state index is 15.0. The lowest BCUT2D eigenvalue weighted by atomic mass is 9.78. The molecule has 2 heterocycles. The molecular formula is C23H33BF2N2O5. The van der Waals surface area contributed by atoms with Crippen molar-refractivity contribution in [2.75, 3.05) is 13.1 Å². The van der Waals surface area contributed by atoms with Gasteiger partial charge in [-0.2, -0.15) is 0 Å². The first-order chi connectivity index (χ1) is 15.1.